The summed E-state index contributed by atoms with van der Waals surface area (Å²) in [6.07, 6.45) is 0.900. The van der Waals surface area contributed by atoms with E-state index in [9.17, 15) is 0 Å². The van der Waals surface area contributed by atoms with E-state index in [1.807, 2.05) is 11.3 Å². The number of benzene rings is 7. The van der Waals surface area contributed by atoms with E-state index in [0.717, 1.165) is 10.9 Å². The van der Waals surface area contributed by atoms with E-state index in [4.69, 9.17) is 0 Å². The normalized spacial score (nSPS) is 11.6. The predicted molar refractivity (Wildman–Crippen MR) is 182 cm³/mol. The molecule has 7 aromatic carbocycles. The lowest BCUT2D eigenvalue weighted by Crippen LogP contribution is -1.92. The van der Waals surface area contributed by atoms with Crippen molar-refractivity contribution in [3.05, 3.63) is 155 Å². The minimum atomic E-state index is 0.900. The lowest BCUT2D eigenvalue weighted by atomic mass is 9.91. The lowest BCUT2D eigenvalue weighted by molar-refractivity contribution is 1.22. The highest BCUT2D eigenvalue weighted by molar-refractivity contribution is 9.10. The quantitative estimate of drug-likeness (QED) is 0.175. The fraction of sp³-hybridized carbons (Fsp3) is 0.0256. The first-order valence-electron chi connectivity index (χ1n) is 13.9. The molecular weight excluding hydrogens is 580 g/mol. The highest BCUT2D eigenvalue weighted by Crippen LogP contribution is 2.39. The van der Waals surface area contributed by atoms with Crippen LogP contribution in [-0.4, -0.2) is 0 Å². The molecule has 194 valence electrons. The van der Waals surface area contributed by atoms with Gasteiger partial charge in [-0.25, -0.2) is 0 Å². The molecule has 0 fully saturated rings. The summed E-state index contributed by atoms with van der Waals surface area (Å²) in [6, 6.07) is 51.3. The molecule has 0 N–H and O–H groups in total. The summed E-state index contributed by atoms with van der Waals surface area (Å²) in [7, 11) is 0. The molecule has 0 aliphatic rings. The van der Waals surface area contributed by atoms with E-state index in [-0.39, 0.29) is 0 Å². The van der Waals surface area contributed by atoms with Gasteiger partial charge in [0, 0.05) is 24.6 Å². The van der Waals surface area contributed by atoms with E-state index in [1.165, 1.54) is 75.1 Å². The second kappa shape index (κ2) is 9.99. The van der Waals surface area contributed by atoms with Crippen LogP contribution in [-0.2, 0) is 6.42 Å². The summed E-state index contributed by atoms with van der Waals surface area (Å²) in [5, 5.41) is 7.88. The zero-order valence-corrected chi connectivity index (χ0v) is 24.7. The maximum atomic E-state index is 3.63. The van der Waals surface area contributed by atoms with Crippen LogP contribution >= 0.6 is 27.3 Å². The highest BCUT2D eigenvalue weighted by Gasteiger charge is 2.12. The maximum Gasteiger partial charge on any atom is 0.0366 e. The zero-order chi connectivity index (χ0) is 27.3. The molecule has 0 radical (unpaired) electrons. The molecular formula is C39H25BrS. The van der Waals surface area contributed by atoms with Crippen LogP contribution < -0.4 is 0 Å². The number of fused-ring (bicyclic) bond motifs is 6. The smallest absolute Gasteiger partial charge is 0.0366 e. The maximum absolute atomic E-state index is 3.63. The largest absolute Gasteiger partial charge is 0.135 e. The summed E-state index contributed by atoms with van der Waals surface area (Å²) < 4.78 is 3.77. The lowest BCUT2D eigenvalue weighted by Gasteiger charge is -2.13. The number of halogens is 1. The number of hydrogen-bond donors (Lipinski definition) is 0. The molecule has 0 aliphatic carbocycles. The van der Waals surface area contributed by atoms with Gasteiger partial charge < -0.3 is 0 Å². The van der Waals surface area contributed by atoms with Crippen LogP contribution in [0.15, 0.2) is 144 Å². The molecule has 41 heavy (non-hydrogen) atoms. The van der Waals surface area contributed by atoms with Crippen molar-refractivity contribution in [2.24, 2.45) is 0 Å². The number of hydrogen-bond acceptors (Lipinski definition) is 1. The van der Waals surface area contributed by atoms with Crippen molar-refractivity contribution in [3.63, 3.8) is 0 Å². The van der Waals surface area contributed by atoms with Crippen LogP contribution in [0.25, 0.3) is 64.0 Å². The predicted octanol–water partition coefficient (Wildman–Crippen LogP) is 12.0. The van der Waals surface area contributed by atoms with Crippen molar-refractivity contribution in [2.75, 3.05) is 0 Å². The second-order valence-corrected chi connectivity index (χ2v) is 12.7. The Bertz CT molecular complexity index is 2240. The molecule has 8 aromatic rings. The van der Waals surface area contributed by atoms with Gasteiger partial charge in [-0.15, -0.1) is 11.3 Å². The van der Waals surface area contributed by atoms with Gasteiger partial charge in [-0.05, 0) is 91.7 Å². The van der Waals surface area contributed by atoms with Crippen molar-refractivity contribution in [2.45, 2.75) is 6.42 Å². The van der Waals surface area contributed by atoms with Crippen LogP contribution in [0.5, 0.6) is 0 Å². The Kier molecular flexibility index (Phi) is 5.98. The van der Waals surface area contributed by atoms with Gasteiger partial charge in [-0.2, -0.15) is 0 Å². The van der Waals surface area contributed by atoms with Gasteiger partial charge in [0.1, 0.15) is 0 Å². The monoisotopic (exact) mass is 604 g/mol. The third-order valence-electron chi connectivity index (χ3n) is 8.14. The van der Waals surface area contributed by atoms with E-state index in [2.05, 4.69) is 155 Å². The van der Waals surface area contributed by atoms with Crippen molar-refractivity contribution in [1.29, 1.82) is 0 Å². The molecule has 2 heteroatoms. The summed E-state index contributed by atoms with van der Waals surface area (Å²) in [5.41, 5.74) is 7.73. The van der Waals surface area contributed by atoms with Gasteiger partial charge in [0.25, 0.3) is 0 Å². The Labute approximate surface area is 251 Å². The average molecular weight is 606 g/mol. The van der Waals surface area contributed by atoms with Gasteiger partial charge in [0.05, 0.1) is 0 Å². The highest BCUT2D eigenvalue weighted by atomic mass is 79.9. The molecule has 0 saturated heterocycles. The van der Waals surface area contributed by atoms with E-state index in [0.29, 0.717) is 0 Å². The number of rotatable bonds is 4. The van der Waals surface area contributed by atoms with Crippen molar-refractivity contribution < 1.29 is 0 Å². The zero-order valence-electron chi connectivity index (χ0n) is 22.3. The molecule has 0 unspecified atom stereocenters. The minimum absolute atomic E-state index is 0.900. The molecule has 0 amide bonds. The topological polar surface area (TPSA) is 0 Å². The number of thiophene rings is 1. The van der Waals surface area contributed by atoms with Crippen LogP contribution in [0, 0.1) is 0 Å². The standard InChI is InChI=1S/C39H25BrS/c40-32-16-17-35-37-23-29(15-18-38(37)41-39(35)24-32)28-13-14-30-21-31(33-11-4-5-12-34(33)36(30)22-28)20-25-7-6-10-27(19-25)26-8-2-1-3-9-26/h1-19,21-24H,20H2. The molecule has 0 bridgehead atoms. The van der Waals surface area contributed by atoms with Crippen molar-refractivity contribution in [1.82, 2.24) is 0 Å². The Morgan fingerprint density at radius 3 is 2.05 bits per heavy atom. The van der Waals surface area contributed by atoms with Crippen LogP contribution in [0.1, 0.15) is 11.1 Å². The Balaban J connectivity index is 1.22. The Morgan fingerprint density at radius 2 is 1.17 bits per heavy atom. The fourth-order valence-electron chi connectivity index (χ4n) is 6.15. The van der Waals surface area contributed by atoms with Gasteiger partial charge in [0.2, 0.25) is 0 Å². The molecule has 0 nitrogen and oxygen atoms in total. The van der Waals surface area contributed by atoms with Gasteiger partial charge in [-0.3, -0.25) is 0 Å². The van der Waals surface area contributed by atoms with E-state index < -0.39 is 0 Å². The summed E-state index contributed by atoms with van der Waals surface area (Å²) in [6.45, 7) is 0. The molecule has 0 saturated carbocycles. The second-order valence-electron chi connectivity index (χ2n) is 10.7. The first kappa shape index (κ1) is 24.5. The van der Waals surface area contributed by atoms with E-state index in [1.54, 1.807) is 0 Å². The average Bonchev–Trinajstić information content (AvgIpc) is 3.38. The molecule has 1 aromatic heterocycles. The van der Waals surface area contributed by atoms with E-state index >= 15 is 0 Å². The molecule has 0 aliphatic heterocycles. The summed E-state index contributed by atoms with van der Waals surface area (Å²) in [4.78, 5) is 0. The molecule has 0 atom stereocenters. The minimum Gasteiger partial charge on any atom is -0.135 e. The van der Waals surface area contributed by atoms with Crippen molar-refractivity contribution >= 4 is 69.0 Å². The van der Waals surface area contributed by atoms with Gasteiger partial charge in [-0.1, -0.05) is 125 Å². The SMILES string of the molecule is Brc1ccc2c(c1)sc1ccc(-c3ccc4cc(Cc5cccc(-c6ccccc6)c5)c5ccccc5c4c3)cc12. The third-order valence-corrected chi connectivity index (χ3v) is 9.77. The fourth-order valence-corrected chi connectivity index (χ4v) is 7.78. The Hall–Kier alpha value is -4.24. The van der Waals surface area contributed by atoms with Crippen molar-refractivity contribution in [3.8, 4) is 22.3 Å². The first-order chi connectivity index (χ1) is 20.2. The summed E-state index contributed by atoms with van der Waals surface area (Å²) >= 11 is 5.48. The van der Waals surface area contributed by atoms with Crippen LogP contribution in [0.2, 0.25) is 0 Å². The van der Waals surface area contributed by atoms with Crippen LogP contribution in [0.4, 0.5) is 0 Å². The first-order valence-corrected chi connectivity index (χ1v) is 15.5. The third kappa shape index (κ3) is 4.44. The van der Waals surface area contributed by atoms with Crippen LogP contribution in [0.3, 0.4) is 0 Å². The molecule has 1 heterocycles. The summed E-state index contributed by atoms with van der Waals surface area (Å²) in [5.74, 6) is 0. The Morgan fingerprint density at radius 1 is 0.439 bits per heavy atom. The molecule has 8 rings (SSSR count). The van der Waals surface area contributed by atoms with Gasteiger partial charge >= 0.3 is 0 Å². The molecule has 0 spiro atoms. The van der Waals surface area contributed by atoms with Gasteiger partial charge in [0.15, 0.2) is 0 Å².